The molecule has 0 aromatic heterocycles. The fourth-order valence-electron chi connectivity index (χ4n) is 10.9. The molecule has 0 bridgehead atoms. The maximum atomic E-state index is 2.65. The number of hydrogen-bond donors (Lipinski definition) is 0. The summed E-state index contributed by atoms with van der Waals surface area (Å²) in [7, 11) is -2.75. The van der Waals surface area contributed by atoms with Crippen molar-refractivity contribution in [1.82, 2.24) is 0 Å². The number of nitrogens with zero attached hydrogens (tertiary/aromatic N) is 1. The van der Waals surface area contributed by atoms with Crippen LogP contribution in [0.1, 0.15) is 22.3 Å². The van der Waals surface area contributed by atoms with Crippen LogP contribution in [0.2, 0.25) is 0 Å². The Morgan fingerprint density at radius 3 is 1.60 bits per heavy atom. The van der Waals surface area contributed by atoms with Gasteiger partial charge in [0, 0.05) is 17.1 Å². The Balaban J connectivity index is 1.25. The van der Waals surface area contributed by atoms with Crippen LogP contribution < -0.4 is 42.0 Å². The molecule has 0 unspecified atom stereocenters. The van der Waals surface area contributed by atoms with Crippen molar-refractivity contribution in [3.05, 3.63) is 216 Å². The highest BCUT2D eigenvalue weighted by atomic mass is 28.3. The lowest BCUT2D eigenvalue weighted by Crippen LogP contribution is -2.79. The molecule has 3 heterocycles. The Bertz CT molecular complexity index is 2590. The normalized spacial score (nSPS) is 15.5. The van der Waals surface area contributed by atoms with Crippen LogP contribution in [-0.2, 0) is 5.41 Å². The van der Waals surface area contributed by atoms with Gasteiger partial charge in [-0.25, -0.2) is 0 Å². The van der Waals surface area contributed by atoms with Crippen molar-refractivity contribution in [1.29, 1.82) is 0 Å². The van der Waals surface area contributed by atoms with Crippen molar-refractivity contribution in [2.75, 3.05) is 4.90 Å². The van der Waals surface area contributed by atoms with Gasteiger partial charge in [0.15, 0.2) is 8.07 Å². The number of rotatable bonds is 2. The largest absolute Gasteiger partial charge is 0.312 e. The molecule has 1 spiro atoms. The van der Waals surface area contributed by atoms with Crippen LogP contribution in [-0.4, -0.2) is 14.8 Å². The van der Waals surface area contributed by atoms with Crippen molar-refractivity contribution < 1.29 is 0 Å². The Hall–Kier alpha value is -6.16. The highest BCUT2D eigenvalue weighted by molar-refractivity contribution is 7.22. The highest BCUT2D eigenvalue weighted by Crippen LogP contribution is 2.57. The second-order valence-corrected chi connectivity index (χ2v) is 18.4. The van der Waals surface area contributed by atoms with Crippen molar-refractivity contribution in [2.24, 2.45) is 0 Å². The molecular formula is C49H32BNSi. The molecule has 1 nitrogen and oxygen atoms in total. The molecular weight excluding hydrogens is 641 g/mol. The molecule has 4 aliphatic rings. The van der Waals surface area contributed by atoms with Gasteiger partial charge in [-0.05, 0) is 77.2 Å². The predicted molar refractivity (Wildman–Crippen MR) is 220 cm³/mol. The molecule has 3 aliphatic heterocycles. The van der Waals surface area contributed by atoms with Gasteiger partial charge in [0.1, 0.15) is 0 Å². The molecule has 0 amide bonds. The predicted octanol–water partition coefficient (Wildman–Crippen LogP) is 6.35. The van der Waals surface area contributed by atoms with Crippen LogP contribution in [0.5, 0.6) is 0 Å². The summed E-state index contributed by atoms with van der Waals surface area (Å²) in [5, 5.41) is 5.74. The zero-order chi connectivity index (χ0) is 34.0. The van der Waals surface area contributed by atoms with Crippen LogP contribution in [0.15, 0.2) is 194 Å². The summed E-state index contributed by atoms with van der Waals surface area (Å²) in [5.74, 6) is 0. The molecule has 1 aliphatic carbocycles. The third kappa shape index (κ3) is 3.23. The van der Waals surface area contributed by atoms with E-state index in [1.54, 1.807) is 0 Å². The molecule has 240 valence electrons. The molecule has 8 aromatic rings. The fraction of sp³-hybridized carbons (Fsp3) is 0.0204. The summed E-state index contributed by atoms with van der Waals surface area (Å²) in [6.45, 7) is 0.0997. The number of para-hydroxylation sites is 2. The Morgan fingerprint density at radius 1 is 0.385 bits per heavy atom. The van der Waals surface area contributed by atoms with E-state index in [1.807, 2.05) is 0 Å². The number of anilines is 3. The number of hydrogen-bond acceptors (Lipinski definition) is 1. The minimum atomic E-state index is -2.75. The average molecular weight is 674 g/mol. The van der Waals surface area contributed by atoms with Crippen LogP contribution in [0.3, 0.4) is 0 Å². The first-order chi connectivity index (χ1) is 25.8. The topological polar surface area (TPSA) is 3.24 Å². The van der Waals surface area contributed by atoms with Gasteiger partial charge in [0.05, 0.1) is 5.41 Å². The van der Waals surface area contributed by atoms with E-state index in [1.165, 1.54) is 87.6 Å². The van der Waals surface area contributed by atoms with Gasteiger partial charge in [0.25, 0.3) is 0 Å². The molecule has 0 radical (unpaired) electrons. The number of benzene rings is 8. The third-order valence-electron chi connectivity index (χ3n) is 12.6. The van der Waals surface area contributed by atoms with Gasteiger partial charge in [-0.1, -0.05) is 187 Å². The van der Waals surface area contributed by atoms with E-state index in [2.05, 4.69) is 199 Å². The molecule has 12 rings (SSSR count). The van der Waals surface area contributed by atoms with Crippen molar-refractivity contribution in [3.8, 4) is 11.1 Å². The quantitative estimate of drug-likeness (QED) is 0.194. The maximum Gasteiger partial charge on any atom is 0.247 e. The second kappa shape index (κ2) is 10.2. The molecule has 0 N–H and O–H groups in total. The van der Waals surface area contributed by atoms with E-state index in [-0.39, 0.29) is 6.71 Å². The summed E-state index contributed by atoms with van der Waals surface area (Å²) in [6.07, 6.45) is 0. The zero-order valence-electron chi connectivity index (χ0n) is 28.5. The Morgan fingerprint density at radius 2 is 0.885 bits per heavy atom. The number of fused-ring (bicyclic) bond motifs is 13. The van der Waals surface area contributed by atoms with Crippen LogP contribution in [0.4, 0.5) is 17.1 Å². The first-order valence-electron chi connectivity index (χ1n) is 18.4. The zero-order valence-corrected chi connectivity index (χ0v) is 29.5. The lowest BCUT2D eigenvalue weighted by molar-refractivity contribution is 0.774. The van der Waals surface area contributed by atoms with Crippen molar-refractivity contribution in [2.45, 2.75) is 5.41 Å². The summed E-state index contributed by atoms with van der Waals surface area (Å²) >= 11 is 0. The van der Waals surface area contributed by atoms with Crippen LogP contribution in [0, 0.1) is 0 Å². The van der Waals surface area contributed by atoms with Gasteiger partial charge in [-0.3, -0.25) is 0 Å². The van der Waals surface area contributed by atoms with Gasteiger partial charge in [-0.15, -0.1) is 0 Å². The van der Waals surface area contributed by atoms with Crippen LogP contribution in [0.25, 0.3) is 11.1 Å². The molecule has 0 atom stereocenters. The Kier molecular flexibility index (Phi) is 5.61. The van der Waals surface area contributed by atoms with E-state index in [9.17, 15) is 0 Å². The SMILES string of the molecule is c1ccc([Si]2(c3ccccc3)c3ccccc3N3c4cccc5c4B(c4ccccc4C54c5ccccc5-c5ccccc54)c4cccc2c43)cc1. The minimum absolute atomic E-state index is 0.0997. The highest BCUT2D eigenvalue weighted by Gasteiger charge is 2.57. The van der Waals surface area contributed by atoms with E-state index in [4.69, 9.17) is 0 Å². The first-order valence-corrected chi connectivity index (χ1v) is 20.4. The second-order valence-electron chi connectivity index (χ2n) is 14.7. The standard InChI is InChI=1S/C49H32BNSi/c1-3-17-33(18-4-1)52(34-19-5-2-6-20-34)45-31-14-13-29-43(45)51-44-30-15-26-40-47(44)50(42-28-16-32-46(52)48(42)51)41-27-12-11-25-39(41)49(40)37-23-9-7-21-35(37)36-22-8-10-24-38(36)49/h1-32H. The van der Waals surface area contributed by atoms with E-state index in [0.717, 1.165) is 0 Å². The van der Waals surface area contributed by atoms with Gasteiger partial charge >= 0.3 is 0 Å². The summed E-state index contributed by atoms with van der Waals surface area (Å²) < 4.78 is 0. The van der Waals surface area contributed by atoms with E-state index in [0.29, 0.717) is 0 Å². The molecule has 0 fully saturated rings. The van der Waals surface area contributed by atoms with Gasteiger partial charge in [0.2, 0.25) is 6.71 Å². The minimum Gasteiger partial charge on any atom is -0.312 e. The molecule has 0 saturated heterocycles. The van der Waals surface area contributed by atoms with Gasteiger partial charge in [-0.2, -0.15) is 0 Å². The Labute approximate surface area is 305 Å². The van der Waals surface area contributed by atoms with E-state index < -0.39 is 13.5 Å². The van der Waals surface area contributed by atoms with Gasteiger partial charge < -0.3 is 4.90 Å². The smallest absolute Gasteiger partial charge is 0.247 e. The fourth-order valence-corrected chi connectivity index (χ4v) is 16.1. The lowest BCUT2D eigenvalue weighted by Gasteiger charge is -2.51. The summed E-state index contributed by atoms with van der Waals surface area (Å²) in [4.78, 5) is 2.65. The average Bonchev–Trinajstić information content (AvgIpc) is 3.51. The first kappa shape index (κ1) is 28.5. The molecule has 8 aromatic carbocycles. The lowest BCUT2D eigenvalue weighted by atomic mass is 9.29. The maximum absolute atomic E-state index is 2.75. The summed E-state index contributed by atoms with van der Waals surface area (Å²) in [6, 6.07) is 74.2. The third-order valence-corrected chi connectivity index (χ3v) is 17.5. The molecule has 3 heteroatoms. The summed E-state index contributed by atoms with van der Waals surface area (Å²) in [5.41, 5.74) is 16.0. The van der Waals surface area contributed by atoms with E-state index >= 15 is 0 Å². The molecule has 0 saturated carbocycles. The van der Waals surface area contributed by atoms with Crippen LogP contribution >= 0.6 is 0 Å². The monoisotopic (exact) mass is 673 g/mol. The van der Waals surface area contributed by atoms with Crippen molar-refractivity contribution in [3.63, 3.8) is 0 Å². The van der Waals surface area contributed by atoms with Crippen molar-refractivity contribution >= 4 is 69.0 Å². The molecule has 52 heavy (non-hydrogen) atoms.